The van der Waals surface area contributed by atoms with Gasteiger partial charge in [-0.1, -0.05) is 19.1 Å². The van der Waals surface area contributed by atoms with Gasteiger partial charge in [0.2, 0.25) is 0 Å². The van der Waals surface area contributed by atoms with Gasteiger partial charge in [0, 0.05) is 24.0 Å². The van der Waals surface area contributed by atoms with E-state index in [0.29, 0.717) is 0 Å². The van der Waals surface area contributed by atoms with Crippen molar-refractivity contribution in [2.45, 2.75) is 19.9 Å². The molecule has 0 aliphatic carbocycles. The van der Waals surface area contributed by atoms with Gasteiger partial charge in [-0.05, 0) is 24.1 Å². The standard InChI is InChI=1S/C13H14N2O/c1-2-9-3-4-10-8-12-13(16)14-5-6-15(12)11(10)7-9/h3-4,7-8H,2,5-6H2,1H3,(H,14,16). The number of carbonyl (C=O) groups is 1. The van der Waals surface area contributed by atoms with Crippen LogP contribution >= 0.6 is 0 Å². The zero-order chi connectivity index (χ0) is 11.1. The van der Waals surface area contributed by atoms with Crippen LogP contribution in [0.2, 0.25) is 0 Å². The molecule has 1 aliphatic heterocycles. The molecule has 3 heteroatoms. The Balaban J connectivity index is 2.29. The Morgan fingerprint density at radius 1 is 1.38 bits per heavy atom. The zero-order valence-corrected chi connectivity index (χ0v) is 9.29. The molecule has 82 valence electrons. The number of hydrogen-bond donors (Lipinski definition) is 1. The topological polar surface area (TPSA) is 34.0 Å². The second kappa shape index (κ2) is 3.37. The van der Waals surface area contributed by atoms with E-state index in [2.05, 4.69) is 35.0 Å². The Labute approximate surface area is 94.1 Å². The molecule has 0 unspecified atom stereocenters. The number of carbonyl (C=O) groups excluding carboxylic acids is 1. The van der Waals surface area contributed by atoms with E-state index in [-0.39, 0.29) is 5.91 Å². The number of hydrogen-bond acceptors (Lipinski definition) is 1. The Bertz CT molecular complexity index is 569. The van der Waals surface area contributed by atoms with Crippen LogP contribution in [0.15, 0.2) is 24.3 Å². The monoisotopic (exact) mass is 214 g/mol. The third-order valence-corrected chi connectivity index (χ3v) is 3.23. The highest BCUT2D eigenvalue weighted by molar-refractivity contribution is 5.99. The van der Waals surface area contributed by atoms with Gasteiger partial charge in [0.25, 0.3) is 5.91 Å². The van der Waals surface area contributed by atoms with Crippen LogP contribution in [-0.2, 0) is 13.0 Å². The molecule has 3 rings (SSSR count). The maximum Gasteiger partial charge on any atom is 0.268 e. The van der Waals surface area contributed by atoms with Gasteiger partial charge in [-0.2, -0.15) is 0 Å². The number of amides is 1. The Morgan fingerprint density at radius 2 is 2.25 bits per heavy atom. The summed E-state index contributed by atoms with van der Waals surface area (Å²) in [7, 11) is 0. The van der Waals surface area contributed by atoms with Crippen molar-refractivity contribution in [2.75, 3.05) is 6.54 Å². The molecule has 1 aromatic carbocycles. The number of aromatic nitrogens is 1. The van der Waals surface area contributed by atoms with Crippen LogP contribution in [0.5, 0.6) is 0 Å². The van der Waals surface area contributed by atoms with Gasteiger partial charge in [-0.15, -0.1) is 0 Å². The van der Waals surface area contributed by atoms with Crippen molar-refractivity contribution >= 4 is 16.8 Å². The fraction of sp³-hybridized carbons (Fsp3) is 0.308. The van der Waals surface area contributed by atoms with Crippen molar-refractivity contribution in [3.8, 4) is 0 Å². The Kier molecular flexibility index (Phi) is 1.99. The molecule has 3 nitrogen and oxygen atoms in total. The average Bonchev–Trinajstić information content (AvgIpc) is 2.68. The molecule has 1 amide bonds. The van der Waals surface area contributed by atoms with Gasteiger partial charge in [-0.3, -0.25) is 4.79 Å². The number of benzene rings is 1. The molecule has 2 heterocycles. The van der Waals surface area contributed by atoms with E-state index >= 15 is 0 Å². The summed E-state index contributed by atoms with van der Waals surface area (Å²) >= 11 is 0. The molecule has 16 heavy (non-hydrogen) atoms. The molecule has 2 aromatic rings. The second-order valence-electron chi connectivity index (χ2n) is 4.18. The van der Waals surface area contributed by atoms with E-state index < -0.39 is 0 Å². The molecule has 0 fully saturated rings. The summed E-state index contributed by atoms with van der Waals surface area (Å²) < 4.78 is 2.12. The van der Waals surface area contributed by atoms with Crippen molar-refractivity contribution < 1.29 is 4.79 Å². The Hall–Kier alpha value is -1.77. The van der Waals surface area contributed by atoms with Crippen LogP contribution in [0.3, 0.4) is 0 Å². The van der Waals surface area contributed by atoms with Crippen LogP contribution in [-0.4, -0.2) is 17.0 Å². The van der Waals surface area contributed by atoms with Gasteiger partial charge in [0.05, 0.1) is 0 Å². The lowest BCUT2D eigenvalue weighted by Crippen LogP contribution is -2.34. The number of rotatable bonds is 1. The van der Waals surface area contributed by atoms with E-state index in [1.807, 2.05) is 6.07 Å². The molecule has 1 aliphatic rings. The predicted octanol–water partition coefficient (Wildman–Crippen LogP) is 1.95. The maximum absolute atomic E-state index is 11.7. The van der Waals surface area contributed by atoms with Crippen molar-refractivity contribution in [3.05, 3.63) is 35.5 Å². The third kappa shape index (κ3) is 1.24. The predicted molar refractivity (Wildman–Crippen MR) is 63.6 cm³/mol. The normalized spacial score (nSPS) is 14.9. The average molecular weight is 214 g/mol. The van der Waals surface area contributed by atoms with Crippen LogP contribution in [0.25, 0.3) is 10.9 Å². The minimum Gasteiger partial charge on any atom is -0.349 e. The summed E-state index contributed by atoms with van der Waals surface area (Å²) in [5, 5.41) is 4.02. The lowest BCUT2D eigenvalue weighted by Gasteiger charge is -2.16. The first-order valence-corrected chi connectivity index (χ1v) is 5.70. The van der Waals surface area contributed by atoms with Gasteiger partial charge in [-0.25, -0.2) is 0 Å². The lowest BCUT2D eigenvalue weighted by atomic mass is 10.1. The smallest absolute Gasteiger partial charge is 0.268 e. The second-order valence-corrected chi connectivity index (χ2v) is 4.18. The minimum atomic E-state index is 0.0421. The molecule has 1 aromatic heterocycles. The highest BCUT2D eigenvalue weighted by Crippen LogP contribution is 2.23. The molecule has 0 bridgehead atoms. The van der Waals surface area contributed by atoms with E-state index in [4.69, 9.17) is 0 Å². The van der Waals surface area contributed by atoms with Gasteiger partial charge in [0.1, 0.15) is 5.69 Å². The van der Waals surface area contributed by atoms with Crippen LogP contribution in [0.4, 0.5) is 0 Å². The number of nitrogens with one attached hydrogen (secondary N) is 1. The summed E-state index contributed by atoms with van der Waals surface area (Å²) in [6, 6.07) is 8.40. The van der Waals surface area contributed by atoms with Crippen LogP contribution in [0.1, 0.15) is 23.0 Å². The maximum atomic E-state index is 11.7. The summed E-state index contributed by atoms with van der Waals surface area (Å²) in [5.74, 6) is 0.0421. The molecule has 0 atom stereocenters. The van der Waals surface area contributed by atoms with Crippen LogP contribution < -0.4 is 5.32 Å². The fourth-order valence-electron chi connectivity index (χ4n) is 2.32. The van der Waals surface area contributed by atoms with Crippen LogP contribution in [0, 0.1) is 0 Å². The van der Waals surface area contributed by atoms with E-state index in [1.54, 1.807) is 0 Å². The third-order valence-electron chi connectivity index (χ3n) is 3.23. The SMILES string of the molecule is CCc1ccc2cc3n(c2c1)CCNC3=O. The highest BCUT2D eigenvalue weighted by Gasteiger charge is 2.18. The molecule has 0 radical (unpaired) electrons. The summed E-state index contributed by atoms with van der Waals surface area (Å²) in [6.07, 6.45) is 1.03. The summed E-state index contributed by atoms with van der Waals surface area (Å²) in [5.41, 5.74) is 3.29. The van der Waals surface area contributed by atoms with E-state index in [1.165, 1.54) is 11.1 Å². The largest absolute Gasteiger partial charge is 0.349 e. The molecule has 1 N–H and O–H groups in total. The lowest BCUT2D eigenvalue weighted by molar-refractivity contribution is 0.0929. The molecular formula is C13H14N2O. The first-order valence-electron chi connectivity index (χ1n) is 5.70. The van der Waals surface area contributed by atoms with Gasteiger partial charge >= 0.3 is 0 Å². The number of fused-ring (bicyclic) bond motifs is 3. The van der Waals surface area contributed by atoms with Crippen molar-refractivity contribution in [3.63, 3.8) is 0 Å². The summed E-state index contributed by atoms with van der Waals surface area (Å²) in [4.78, 5) is 11.7. The van der Waals surface area contributed by atoms with E-state index in [9.17, 15) is 4.79 Å². The van der Waals surface area contributed by atoms with Gasteiger partial charge in [0.15, 0.2) is 0 Å². The zero-order valence-electron chi connectivity index (χ0n) is 9.29. The van der Waals surface area contributed by atoms with Crippen molar-refractivity contribution in [1.29, 1.82) is 0 Å². The first-order chi connectivity index (χ1) is 7.79. The minimum absolute atomic E-state index is 0.0421. The van der Waals surface area contributed by atoms with Crippen molar-refractivity contribution in [1.82, 2.24) is 9.88 Å². The first kappa shape index (κ1) is 9.46. The quantitative estimate of drug-likeness (QED) is 0.773. The number of aryl methyl sites for hydroxylation is 1. The number of nitrogens with zero attached hydrogens (tertiary/aromatic N) is 1. The van der Waals surface area contributed by atoms with Crippen molar-refractivity contribution in [2.24, 2.45) is 0 Å². The van der Waals surface area contributed by atoms with Gasteiger partial charge < -0.3 is 9.88 Å². The molecular weight excluding hydrogens is 200 g/mol. The van der Waals surface area contributed by atoms with E-state index in [0.717, 1.165) is 30.6 Å². The summed E-state index contributed by atoms with van der Waals surface area (Å²) in [6.45, 7) is 3.75. The fourth-order valence-corrected chi connectivity index (χ4v) is 2.32. The molecule has 0 spiro atoms. The highest BCUT2D eigenvalue weighted by atomic mass is 16.2. The molecule has 0 saturated carbocycles. The Morgan fingerprint density at radius 3 is 3.06 bits per heavy atom. The molecule has 0 saturated heterocycles.